The van der Waals surface area contributed by atoms with Crippen molar-refractivity contribution in [2.75, 3.05) is 13.2 Å². The third kappa shape index (κ3) is 3.00. The van der Waals surface area contributed by atoms with Gasteiger partial charge >= 0.3 is 6.03 Å². The summed E-state index contributed by atoms with van der Waals surface area (Å²) in [6, 6.07) is 2.02. The molecule has 0 radical (unpaired) electrons. The monoisotopic (exact) mass is 223 g/mol. The molecule has 0 saturated carbocycles. The summed E-state index contributed by atoms with van der Waals surface area (Å²) in [6.45, 7) is 1.92. The Hall–Kier alpha value is -1.49. The number of ether oxygens (including phenoxy) is 1. The minimum absolute atomic E-state index is 0.126. The van der Waals surface area contributed by atoms with Gasteiger partial charge < -0.3 is 19.9 Å². The van der Waals surface area contributed by atoms with Crippen LogP contribution in [0.5, 0.6) is 0 Å². The standard InChI is InChI=1S/C11H17N3O2/c1-14-4-2-9(7-14)6-12-11(15)13-10-3-5-16-8-10/h2,4,7,10H,3,5-6,8H2,1H3,(H2,12,13,15). The first-order chi connectivity index (χ1) is 7.74. The quantitative estimate of drug-likeness (QED) is 0.789. The van der Waals surface area contributed by atoms with Crippen molar-refractivity contribution in [3.05, 3.63) is 24.0 Å². The third-order valence-electron chi connectivity index (χ3n) is 2.61. The average molecular weight is 223 g/mol. The minimum Gasteiger partial charge on any atom is -0.379 e. The molecule has 0 aliphatic carbocycles. The normalized spacial score (nSPS) is 19.7. The third-order valence-corrected chi connectivity index (χ3v) is 2.61. The lowest BCUT2D eigenvalue weighted by Gasteiger charge is -2.11. The van der Waals surface area contributed by atoms with Gasteiger partial charge in [-0.25, -0.2) is 4.79 Å². The molecule has 16 heavy (non-hydrogen) atoms. The Labute approximate surface area is 94.8 Å². The van der Waals surface area contributed by atoms with Crippen LogP contribution in [-0.2, 0) is 18.3 Å². The maximum Gasteiger partial charge on any atom is 0.315 e. The molecule has 1 fully saturated rings. The highest BCUT2D eigenvalue weighted by molar-refractivity contribution is 5.74. The Morgan fingerprint density at radius 2 is 2.56 bits per heavy atom. The van der Waals surface area contributed by atoms with Gasteiger partial charge in [0, 0.05) is 32.6 Å². The lowest BCUT2D eigenvalue weighted by molar-refractivity contribution is 0.188. The fraction of sp³-hybridized carbons (Fsp3) is 0.545. The van der Waals surface area contributed by atoms with Gasteiger partial charge in [0.15, 0.2) is 0 Å². The van der Waals surface area contributed by atoms with E-state index in [0.29, 0.717) is 13.2 Å². The van der Waals surface area contributed by atoms with E-state index in [1.54, 1.807) is 0 Å². The predicted octanol–water partition coefficient (Wildman–Crippen LogP) is 0.613. The summed E-state index contributed by atoms with van der Waals surface area (Å²) in [5.74, 6) is 0. The summed E-state index contributed by atoms with van der Waals surface area (Å²) < 4.78 is 7.14. The van der Waals surface area contributed by atoms with E-state index in [0.717, 1.165) is 18.6 Å². The zero-order valence-electron chi connectivity index (χ0n) is 9.40. The molecule has 2 N–H and O–H groups in total. The molecule has 1 aliphatic rings. The SMILES string of the molecule is Cn1ccc(CNC(=O)NC2CCOC2)c1. The lowest BCUT2D eigenvalue weighted by Crippen LogP contribution is -2.41. The molecule has 0 spiro atoms. The van der Waals surface area contributed by atoms with Crippen LogP contribution >= 0.6 is 0 Å². The number of aryl methyl sites for hydroxylation is 1. The number of nitrogens with one attached hydrogen (secondary N) is 2. The number of nitrogens with zero attached hydrogens (tertiary/aromatic N) is 1. The first-order valence-corrected chi connectivity index (χ1v) is 5.47. The Morgan fingerprint density at radius 1 is 1.69 bits per heavy atom. The van der Waals surface area contributed by atoms with E-state index in [4.69, 9.17) is 4.74 Å². The largest absolute Gasteiger partial charge is 0.379 e. The van der Waals surface area contributed by atoms with Crippen LogP contribution in [0.15, 0.2) is 18.5 Å². The summed E-state index contributed by atoms with van der Waals surface area (Å²) >= 11 is 0. The zero-order chi connectivity index (χ0) is 11.4. The Balaban J connectivity index is 1.71. The molecular weight excluding hydrogens is 206 g/mol. The van der Waals surface area contributed by atoms with Gasteiger partial charge in [0.25, 0.3) is 0 Å². The van der Waals surface area contributed by atoms with Gasteiger partial charge in [-0.2, -0.15) is 0 Å². The van der Waals surface area contributed by atoms with Crippen LogP contribution in [-0.4, -0.2) is 29.9 Å². The molecule has 1 saturated heterocycles. The molecular formula is C11H17N3O2. The van der Waals surface area contributed by atoms with Crippen LogP contribution in [0.3, 0.4) is 0 Å². The van der Waals surface area contributed by atoms with Crippen LogP contribution in [0, 0.1) is 0 Å². The highest BCUT2D eigenvalue weighted by Crippen LogP contribution is 2.03. The van der Waals surface area contributed by atoms with Crippen molar-refractivity contribution in [1.82, 2.24) is 15.2 Å². The first-order valence-electron chi connectivity index (χ1n) is 5.47. The number of aromatic nitrogens is 1. The minimum atomic E-state index is -0.126. The van der Waals surface area contributed by atoms with Gasteiger partial charge in [0.2, 0.25) is 0 Å². The number of carbonyl (C=O) groups excluding carboxylic acids is 1. The van der Waals surface area contributed by atoms with Gasteiger partial charge in [-0.15, -0.1) is 0 Å². The van der Waals surface area contributed by atoms with Crippen molar-refractivity contribution in [3.63, 3.8) is 0 Å². The van der Waals surface area contributed by atoms with E-state index in [1.807, 2.05) is 30.1 Å². The fourth-order valence-electron chi connectivity index (χ4n) is 1.73. The molecule has 1 atom stereocenters. The summed E-state index contributed by atoms with van der Waals surface area (Å²) in [5, 5.41) is 5.69. The summed E-state index contributed by atoms with van der Waals surface area (Å²) in [4.78, 5) is 11.5. The molecule has 5 nitrogen and oxygen atoms in total. The molecule has 1 unspecified atom stereocenters. The van der Waals surface area contributed by atoms with Crippen molar-refractivity contribution in [1.29, 1.82) is 0 Å². The van der Waals surface area contributed by atoms with Crippen molar-refractivity contribution in [2.24, 2.45) is 7.05 Å². The number of amides is 2. The first kappa shape index (κ1) is 11.0. The summed E-state index contributed by atoms with van der Waals surface area (Å²) in [6.07, 6.45) is 4.84. The van der Waals surface area contributed by atoms with Gasteiger partial charge in [-0.05, 0) is 18.1 Å². The zero-order valence-corrected chi connectivity index (χ0v) is 9.40. The van der Waals surface area contributed by atoms with Crippen LogP contribution < -0.4 is 10.6 Å². The molecule has 88 valence electrons. The molecule has 2 amide bonds. The van der Waals surface area contributed by atoms with Crippen molar-refractivity contribution >= 4 is 6.03 Å². The van der Waals surface area contributed by atoms with E-state index >= 15 is 0 Å². The molecule has 0 bridgehead atoms. The molecule has 0 aromatic carbocycles. The van der Waals surface area contributed by atoms with E-state index < -0.39 is 0 Å². The lowest BCUT2D eigenvalue weighted by atomic mass is 10.3. The molecule has 1 aromatic rings. The van der Waals surface area contributed by atoms with Gasteiger partial charge in [0.1, 0.15) is 0 Å². The van der Waals surface area contributed by atoms with Crippen LogP contribution in [0.4, 0.5) is 4.79 Å². The van der Waals surface area contributed by atoms with E-state index in [2.05, 4.69) is 10.6 Å². The molecule has 1 aromatic heterocycles. The second-order valence-corrected chi connectivity index (χ2v) is 4.07. The second kappa shape index (κ2) is 5.03. The Bertz CT molecular complexity index is 356. The Morgan fingerprint density at radius 3 is 3.19 bits per heavy atom. The molecule has 1 aliphatic heterocycles. The smallest absolute Gasteiger partial charge is 0.315 e. The van der Waals surface area contributed by atoms with Crippen molar-refractivity contribution in [2.45, 2.75) is 19.0 Å². The van der Waals surface area contributed by atoms with Gasteiger partial charge in [-0.1, -0.05) is 0 Å². The summed E-state index contributed by atoms with van der Waals surface area (Å²) in [5.41, 5.74) is 1.10. The molecule has 2 heterocycles. The second-order valence-electron chi connectivity index (χ2n) is 4.07. The van der Waals surface area contributed by atoms with Gasteiger partial charge in [-0.3, -0.25) is 0 Å². The number of rotatable bonds is 3. The molecule has 2 rings (SSSR count). The van der Waals surface area contributed by atoms with Crippen LogP contribution in [0.1, 0.15) is 12.0 Å². The maximum absolute atomic E-state index is 11.5. The molecule has 5 heteroatoms. The van der Waals surface area contributed by atoms with Crippen LogP contribution in [0.2, 0.25) is 0 Å². The fourth-order valence-corrected chi connectivity index (χ4v) is 1.73. The van der Waals surface area contributed by atoms with Crippen molar-refractivity contribution < 1.29 is 9.53 Å². The number of urea groups is 1. The van der Waals surface area contributed by atoms with E-state index in [-0.39, 0.29) is 12.1 Å². The van der Waals surface area contributed by atoms with E-state index in [1.165, 1.54) is 0 Å². The van der Waals surface area contributed by atoms with E-state index in [9.17, 15) is 4.79 Å². The number of carbonyl (C=O) groups is 1. The predicted molar refractivity (Wildman–Crippen MR) is 60.0 cm³/mol. The van der Waals surface area contributed by atoms with Crippen LogP contribution in [0.25, 0.3) is 0 Å². The highest BCUT2D eigenvalue weighted by atomic mass is 16.5. The number of hydrogen-bond donors (Lipinski definition) is 2. The summed E-state index contributed by atoms with van der Waals surface area (Å²) in [7, 11) is 1.96. The Kier molecular flexibility index (Phi) is 3.46. The number of hydrogen-bond acceptors (Lipinski definition) is 2. The maximum atomic E-state index is 11.5. The highest BCUT2D eigenvalue weighted by Gasteiger charge is 2.17. The van der Waals surface area contributed by atoms with Crippen molar-refractivity contribution in [3.8, 4) is 0 Å². The topological polar surface area (TPSA) is 55.3 Å². The van der Waals surface area contributed by atoms with Gasteiger partial charge in [0.05, 0.1) is 12.6 Å². The average Bonchev–Trinajstić information content (AvgIpc) is 2.87.